The maximum atomic E-state index is 5.34. The van der Waals surface area contributed by atoms with Gasteiger partial charge in [0.05, 0.1) is 24.2 Å². The van der Waals surface area contributed by atoms with Gasteiger partial charge in [-0.3, -0.25) is 4.90 Å². The minimum absolute atomic E-state index is 0.853. The fraction of sp³-hybridized carbons (Fsp3) is 0.500. The van der Waals surface area contributed by atoms with E-state index in [1.54, 1.807) is 0 Å². The topological polar surface area (TPSA) is 42.3 Å². The zero-order valence-electron chi connectivity index (χ0n) is 11.3. The Morgan fingerprint density at radius 1 is 1.26 bits per heavy atom. The van der Waals surface area contributed by atoms with Crippen LogP contribution in [0.3, 0.4) is 0 Å². The molecule has 2 heterocycles. The van der Waals surface area contributed by atoms with Gasteiger partial charge in [0, 0.05) is 33.2 Å². The van der Waals surface area contributed by atoms with E-state index in [0.717, 1.165) is 56.4 Å². The number of morpholine rings is 1. The first-order valence-electron chi connectivity index (χ1n) is 6.80. The number of imidazole rings is 1. The number of rotatable bonds is 4. The summed E-state index contributed by atoms with van der Waals surface area (Å²) >= 11 is 0. The summed E-state index contributed by atoms with van der Waals surface area (Å²) in [7, 11) is 2.05. The highest BCUT2D eigenvalue weighted by molar-refractivity contribution is 5.78. The summed E-state index contributed by atoms with van der Waals surface area (Å²) in [4.78, 5) is 7.02. The molecule has 1 saturated heterocycles. The molecule has 0 aliphatic carbocycles. The third-order valence-electron chi connectivity index (χ3n) is 3.60. The molecule has 2 aromatic rings. The zero-order valence-corrected chi connectivity index (χ0v) is 11.3. The zero-order chi connectivity index (χ0) is 13.1. The molecule has 5 nitrogen and oxygen atoms in total. The molecule has 19 heavy (non-hydrogen) atoms. The van der Waals surface area contributed by atoms with Crippen molar-refractivity contribution in [2.45, 2.75) is 0 Å². The third-order valence-corrected chi connectivity index (χ3v) is 3.60. The normalized spacial score (nSPS) is 16.9. The average Bonchev–Trinajstić information content (AvgIpc) is 2.78. The summed E-state index contributed by atoms with van der Waals surface area (Å²) in [6, 6.07) is 8.20. The van der Waals surface area contributed by atoms with Crippen LogP contribution in [0.5, 0.6) is 0 Å². The second-order valence-corrected chi connectivity index (χ2v) is 4.86. The summed E-state index contributed by atoms with van der Waals surface area (Å²) < 4.78 is 7.45. The molecule has 0 spiro atoms. The summed E-state index contributed by atoms with van der Waals surface area (Å²) in [6.07, 6.45) is 0. The first kappa shape index (κ1) is 12.4. The van der Waals surface area contributed by atoms with Gasteiger partial charge in [-0.2, -0.15) is 0 Å². The maximum Gasteiger partial charge on any atom is 0.203 e. The van der Waals surface area contributed by atoms with Gasteiger partial charge in [-0.15, -0.1) is 0 Å². The number of anilines is 1. The summed E-state index contributed by atoms with van der Waals surface area (Å²) in [5.74, 6) is 0.939. The van der Waals surface area contributed by atoms with Gasteiger partial charge in [0.1, 0.15) is 0 Å². The van der Waals surface area contributed by atoms with Crippen LogP contribution in [0.2, 0.25) is 0 Å². The molecule has 3 rings (SSSR count). The van der Waals surface area contributed by atoms with Crippen molar-refractivity contribution in [2.24, 2.45) is 7.05 Å². The van der Waals surface area contributed by atoms with Gasteiger partial charge >= 0.3 is 0 Å². The van der Waals surface area contributed by atoms with Crippen LogP contribution >= 0.6 is 0 Å². The third kappa shape index (κ3) is 2.72. The second kappa shape index (κ2) is 5.59. The SMILES string of the molecule is Cn1c(NCCN2CCOCC2)nc2ccccc21. The lowest BCUT2D eigenvalue weighted by Crippen LogP contribution is -2.39. The Hall–Kier alpha value is -1.59. The van der Waals surface area contributed by atoms with Crippen molar-refractivity contribution >= 4 is 17.0 Å². The van der Waals surface area contributed by atoms with Crippen LogP contribution in [0.1, 0.15) is 0 Å². The molecule has 1 N–H and O–H groups in total. The first-order valence-corrected chi connectivity index (χ1v) is 6.80. The fourth-order valence-electron chi connectivity index (χ4n) is 2.45. The standard InChI is InChI=1S/C14H20N4O/c1-17-13-5-3-2-4-12(13)16-14(17)15-6-7-18-8-10-19-11-9-18/h2-5H,6-11H2,1H3,(H,15,16). The highest BCUT2D eigenvalue weighted by atomic mass is 16.5. The lowest BCUT2D eigenvalue weighted by atomic mass is 10.3. The molecule has 5 heteroatoms. The number of nitrogens with zero attached hydrogens (tertiary/aromatic N) is 3. The maximum absolute atomic E-state index is 5.34. The Morgan fingerprint density at radius 2 is 2.05 bits per heavy atom. The van der Waals surface area contributed by atoms with E-state index in [4.69, 9.17) is 4.74 Å². The van der Waals surface area contributed by atoms with Gasteiger partial charge in [0.15, 0.2) is 0 Å². The van der Waals surface area contributed by atoms with Crippen LogP contribution in [0.15, 0.2) is 24.3 Å². The lowest BCUT2D eigenvalue weighted by molar-refractivity contribution is 0.0398. The van der Waals surface area contributed by atoms with Crippen molar-refractivity contribution in [1.82, 2.24) is 14.5 Å². The molecule has 1 fully saturated rings. The highest BCUT2D eigenvalue weighted by Crippen LogP contribution is 2.17. The molecule has 0 saturated carbocycles. The van der Waals surface area contributed by atoms with E-state index >= 15 is 0 Å². The number of hydrogen-bond donors (Lipinski definition) is 1. The quantitative estimate of drug-likeness (QED) is 0.900. The van der Waals surface area contributed by atoms with Crippen LogP contribution in [-0.2, 0) is 11.8 Å². The van der Waals surface area contributed by atoms with E-state index in [9.17, 15) is 0 Å². The van der Waals surface area contributed by atoms with Crippen LogP contribution in [0.4, 0.5) is 5.95 Å². The smallest absolute Gasteiger partial charge is 0.203 e. The van der Waals surface area contributed by atoms with E-state index in [-0.39, 0.29) is 0 Å². The van der Waals surface area contributed by atoms with Crippen molar-refractivity contribution in [3.05, 3.63) is 24.3 Å². The van der Waals surface area contributed by atoms with E-state index in [1.165, 1.54) is 0 Å². The Morgan fingerprint density at radius 3 is 2.84 bits per heavy atom. The van der Waals surface area contributed by atoms with Gasteiger partial charge in [0.25, 0.3) is 0 Å². The van der Waals surface area contributed by atoms with Crippen molar-refractivity contribution in [3.63, 3.8) is 0 Å². The number of fused-ring (bicyclic) bond motifs is 1. The molecule has 0 radical (unpaired) electrons. The van der Waals surface area contributed by atoms with Gasteiger partial charge in [-0.05, 0) is 12.1 Å². The van der Waals surface area contributed by atoms with Crippen LogP contribution in [0.25, 0.3) is 11.0 Å². The number of hydrogen-bond acceptors (Lipinski definition) is 4. The number of para-hydroxylation sites is 2. The Balaban J connectivity index is 1.60. The highest BCUT2D eigenvalue weighted by Gasteiger charge is 2.10. The van der Waals surface area contributed by atoms with Gasteiger partial charge < -0.3 is 14.6 Å². The second-order valence-electron chi connectivity index (χ2n) is 4.86. The van der Waals surface area contributed by atoms with Gasteiger partial charge in [-0.25, -0.2) is 4.98 Å². The number of benzene rings is 1. The summed E-state index contributed by atoms with van der Waals surface area (Å²) in [5.41, 5.74) is 2.20. The summed E-state index contributed by atoms with van der Waals surface area (Å²) in [5, 5.41) is 3.42. The molecule has 102 valence electrons. The fourth-order valence-corrected chi connectivity index (χ4v) is 2.45. The number of aryl methyl sites for hydroxylation is 1. The number of aromatic nitrogens is 2. The Kier molecular flexibility index (Phi) is 3.66. The van der Waals surface area contributed by atoms with Crippen LogP contribution in [0, 0.1) is 0 Å². The molecular formula is C14H20N4O. The van der Waals surface area contributed by atoms with E-state index in [1.807, 2.05) is 25.2 Å². The van der Waals surface area contributed by atoms with Gasteiger partial charge in [0.2, 0.25) is 5.95 Å². The molecule has 1 aromatic carbocycles. The summed E-state index contributed by atoms with van der Waals surface area (Å²) in [6.45, 7) is 5.72. The predicted octanol–water partition coefficient (Wildman–Crippen LogP) is 1.32. The van der Waals surface area contributed by atoms with E-state index in [0.29, 0.717) is 0 Å². The van der Waals surface area contributed by atoms with Crippen molar-refractivity contribution in [3.8, 4) is 0 Å². The number of ether oxygens (including phenoxy) is 1. The van der Waals surface area contributed by atoms with Gasteiger partial charge in [-0.1, -0.05) is 12.1 Å². The molecule has 0 bridgehead atoms. The predicted molar refractivity (Wildman–Crippen MR) is 76.5 cm³/mol. The minimum Gasteiger partial charge on any atom is -0.379 e. The lowest BCUT2D eigenvalue weighted by Gasteiger charge is -2.26. The average molecular weight is 260 g/mol. The van der Waals surface area contributed by atoms with E-state index < -0.39 is 0 Å². The molecule has 0 unspecified atom stereocenters. The molecular weight excluding hydrogens is 240 g/mol. The Labute approximate surface area is 113 Å². The monoisotopic (exact) mass is 260 g/mol. The van der Waals surface area contributed by atoms with E-state index in [2.05, 4.69) is 25.8 Å². The van der Waals surface area contributed by atoms with Crippen molar-refractivity contribution in [1.29, 1.82) is 0 Å². The van der Waals surface area contributed by atoms with Crippen LogP contribution < -0.4 is 5.32 Å². The van der Waals surface area contributed by atoms with Crippen molar-refractivity contribution in [2.75, 3.05) is 44.7 Å². The molecule has 0 atom stereocenters. The van der Waals surface area contributed by atoms with Crippen molar-refractivity contribution < 1.29 is 4.74 Å². The molecule has 1 aliphatic heterocycles. The minimum atomic E-state index is 0.853. The molecule has 0 amide bonds. The number of nitrogens with one attached hydrogen (secondary N) is 1. The molecule has 1 aromatic heterocycles. The Bertz CT molecular complexity index is 545. The largest absolute Gasteiger partial charge is 0.379 e. The first-order chi connectivity index (χ1) is 9.34. The molecule has 1 aliphatic rings. The van der Waals surface area contributed by atoms with Crippen LogP contribution in [-0.4, -0.2) is 53.8 Å².